The summed E-state index contributed by atoms with van der Waals surface area (Å²) < 4.78 is 8.60. The maximum absolute atomic E-state index is 5.49. The summed E-state index contributed by atoms with van der Waals surface area (Å²) in [5.41, 5.74) is 1.10. The Balaban J connectivity index is 2.42. The lowest BCUT2D eigenvalue weighted by molar-refractivity contribution is 0.399. The molecular formula is C14H20BrN3OS. The second kappa shape index (κ2) is 7.24. The number of ether oxygens (including phenoxy) is 1. The maximum Gasteiger partial charge on any atom is 0.161 e. The summed E-state index contributed by atoms with van der Waals surface area (Å²) in [6, 6.07) is 2.27. The minimum absolute atomic E-state index is 0.114. The first kappa shape index (κ1) is 15.5. The first-order valence-corrected chi connectivity index (χ1v) is 8.45. The predicted octanol–water partition coefficient (Wildman–Crippen LogP) is 3.82. The highest BCUT2D eigenvalue weighted by molar-refractivity contribution is 9.10. The Kier molecular flexibility index (Phi) is 5.63. The molecule has 1 unspecified atom stereocenters. The van der Waals surface area contributed by atoms with Gasteiger partial charge in [0.2, 0.25) is 0 Å². The molecule has 20 heavy (non-hydrogen) atoms. The van der Waals surface area contributed by atoms with Crippen molar-refractivity contribution in [3.8, 4) is 5.75 Å². The lowest BCUT2D eigenvalue weighted by Gasteiger charge is -2.19. The van der Waals surface area contributed by atoms with Gasteiger partial charge in [0, 0.05) is 21.3 Å². The molecule has 0 aromatic carbocycles. The number of rotatable bonds is 7. The molecule has 0 saturated carbocycles. The van der Waals surface area contributed by atoms with Crippen LogP contribution in [0.15, 0.2) is 22.1 Å². The summed E-state index contributed by atoms with van der Waals surface area (Å²) >= 11 is 5.27. The predicted molar refractivity (Wildman–Crippen MR) is 86.6 cm³/mol. The van der Waals surface area contributed by atoms with Crippen molar-refractivity contribution in [1.82, 2.24) is 15.1 Å². The van der Waals surface area contributed by atoms with Crippen LogP contribution in [0.25, 0.3) is 0 Å². The molecule has 0 aliphatic heterocycles. The summed E-state index contributed by atoms with van der Waals surface area (Å²) in [7, 11) is 1.70. The van der Waals surface area contributed by atoms with Gasteiger partial charge < -0.3 is 10.1 Å². The van der Waals surface area contributed by atoms with E-state index in [1.54, 1.807) is 24.6 Å². The van der Waals surface area contributed by atoms with Gasteiger partial charge in [-0.1, -0.05) is 6.92 Å². The van der Waals surface area contributed by atoms with Gasteiger partial charge in [0.25, 0.3) is 0 Å². The lowest BCUT2D eigenvalue weighted by Crippen LogP contribution is -2.25. The lowest BCUT2D eigenvalue weighted by atomic mass is 10.1. The molecule has 0 radical (unpaired) electrons. The first-order chi connectivity index (χ1) is 9.71. The van der Waals surface area contributed by atoms with Gasteiger partial charge in [0.1, 0.15) is 5.69 Å². The average molecular weight is 358 g/mol. The monoisotopic (exact) mass is 357 g/mol. The smallest absolute Gasteiger partial charge is 0.161 e. The topological polar surface area (TPSA) is 39.1 Å². The van der Waals surface area contributed by atoms with Crippen molar-refractivity contribution in [3.63, 3.8) is 0 Å². The van der Waals surface area contributed by atoms with Crippen LogP contribution in [-0.4, -0.2) is 23.4 Å². The molecule has 2 aromatic heterocycles. The molecule has 6 heteroatoms. The number of nitrogens with zero attached hydrogens (tertiary/aromatic N) is 2. The highest BCUT2D eigenvalue weighted by atomic mass is 79.9. The fraction of sp³-hybridized carbons (Fsp3) is 0.500. The van der Waals surface area contributed by atoms with Crippen LogP contribution in [0.3, 0.4) is 0 Å². The summed E-state index contributed by atoms with van der Waals surface area (Å²) in [4.78, 5) is 1.26. The van der Waals surface area contributed by atoms with E-state index >= 15 is 0 Å². The molecule has 110 valence electrons. The highest BCUT2D eigenvalue weighted by Gasteiger charge is 2.24. The average Bonchev–Trinajstić information content (AvgIpc) is 3.06. The zero-order valence-electron chi connectivity index (χ0n) is 12.0. The van der Waals surface area contributed by atoms with Crippen LogP contribution < -0.4 is 10.1 Å². The van der Waals surface area contributed by atoms with Crippen LogP contribution in [0.2, 0.25) is 0 Å². The summed E-state index contributed by atoms with van der Waals surface area (Å²) in [6.07, 6.45) is 2.88. The van der Waals surface area contributed by atoms with Crippen molar-refractivity contribution in [2.75, 3.05) is 13.7 Å². The first-order valence-electron chi connectivity index (χ1n) is 6.78. The van der Waals surface area contributed by atoms with Crippen molar-refractivity contribution >= 4 is 27.3 Å². The van der Waals surface area contributed by atoms with Gasteiger partial charge in [-0.05, 0) is 41.9 Å². The van der Waals surface area contributed by atoms with E-state index in [1.165, 1.54) is 4.88 Å². The number of thiophene rings is 1. The molecule has 0 spiro atoms. The maximum atomic E-state index is 5.49. The van der Waals surface area contributed by atoms with Crippen LogP contribution in [0.5, 0.6) is 5.75 Å². The van der Waals surface area contributed by atoms with Gasteiger partial charge in [-0.15, -0.1) is 11.3 Å². The van der Waals surface area contributed by atoms with Gasteiger partial charge in [0.05, 0.1) is 19.3 Å². The Morgan fingerprint density at radius 1 is 1.50 bits per heavy atom. The van der Waals surface area contributed by atoms with Gasteiger partial charge in [-0.3, -0.25) is 4.68 Å². The van der Waals surface area contributed by atoms with Crippen molar-refractivity contribution in [1.29, 1.82) is 0 Å². The summed E-state index contributed by atoms with van der Waals surface area (Å²) in [6.45, 7) is 6.05. The van der Waals surface area contributed by atoms with E-state index in [4.69, 9.17) is 4.74 Å². The molecule has 0 fully saturated rings. The quantitative estimate of drug-likeness (QED) is 0.818. The molecule has 0 bridgehead atoms. The fourth-order valence-corrected chi connectivity index (χ4v) is 3.70. The number of aryl methyl sites for hydroxylation is 1. The Morgan fingerprint density at radius 3 is 2.85 bits per heavy atom. The normalized spacial score (nSPS) is 12.6. The zero-order valence-corrected chi connectivity index (χ0v) is 14.4. The number of halogens is 1. The Labute approximate surface area is 132 Å². The third kappa shape index (κ3) is 3.24. The molecule has 1 atom stereocenters. The number of nitrogens with one attached hydrogen (secondary N) is 1. The van der Waals surface area contributed by atoms with E-state index in [0.717, 1.165) is 35.4 Å². The van der Waals surface area contributed by atoms with Gasteiger partial charge in [0.15, 0.2) is 5.75 Å². The second-order valence-corrected chi connectivity index (χ2v) is 6.33. The van der Waals surface area contributed by atoms with E-state index < -0.39 is 0 Å². The minimum atomic E-state index is 0.114. The van der Waals surface area contributed by atoms with Crippen LogP contribution in [0.1, 0.15) is 36.9 Å². The third-order valence-corrected chi connectivity index (χ3v) is 4.87. The number of aromatic nitrogens is 2. The van der Waals surface area contributed by atoms with E-state index in [-0.39, 0.29) is 6.04 Å². The fourth-order valence-electron chi connectivity index (χ4n) is 2.18. The van der Waals surface area contributed by atoms with Crippen LogP contribution >= 0.6 is 27.3 Å². The highest BCUT2D eigenvalue weighted by Crippen LogP contribution is 2.34. The van der Waals surface area contributed by atoms with Crippen LogP contribution in [-0.2, 0) is 6.54 Å². The molecule has 0 aliphatic carbocycles. The molecule has 0 aliphatic rings. The minimum Gasteiger partial charge on any atom is -0.493 e. The van der Waals surface area contributed by atoms with Gasteiger partial charge in [-0.25, -0.2) is 0 Å². The molecule has 2 heterocycles. The molecule has 2 rings (SSSR count). The zero-order chi connectivity index (χ0) is 14.5. The van der Waals surface area contributed by atoms with Gasteiger partial charge in [-0.2, -0.15) is 5.10 Å². The van der Waals surface area contributed by atoms with Crippen LogP contribution in [0, 0.1) is 0 Å². The molecular weight excluding hydrogens is 338 g/mol. The number of hydrogen-bond donors (Lipinski definition) is 1. The number of methoxy groups -OCH3 is 1. The third-order valence-electron chi connectivity index (χ3n) is 3.11. The molecule has 1 N–H and O–H groups in total. The van der Waals surface area contributed by atoms with E-state index in [2.05, 4.69) is 51.6 Å². The standard InChI is InChI=1S/C14H20BrN3OS/c1-4-6-16-13(12-7-10(15)9-20-12)14-11(19-3)8-17-18(14)5-2/h7-9,13,16H,4-6H2,1-3H3. The molecule has 4 nitrogen and oxygen atoms in total. The van der Waals surface area contributed by atoms with Gasteiger partial charge >= 0.3 is 0 Å². The Hall–Kier alpha value is -0.850. The van der Waals surface area contributed by atoms with E-state index in [1.807, 2.05) is 4.68 Å². The Morgan fingerprint density at radius 2 is 2.30 bits per heavy atom. The SMILES string of the molecule is CCCNC(c1cc(Br)cs1)c1c(OC)cnn1CC. The summed E-state index contributed by atoms with van der Waals surface area (Å²) in [5.74, 6) is 0.838. The van der Waals surface area contributed by atoms with E-state index in [9.17, 15) is 0 Å². The molecule has 2 aromatic rings. The molecule has 0 amide bonds. The van der Waals surface area contributed by atoms with Crippen molar-refractivity contribution < 1.29 is 4.74 Å². The Bertz CT molecular complexity index is 531. The van der Waals surface area contributed by atoms with Crippen molar-refractivity contribution in [2.24, 2.45) is 0 Å². The van der Waals surface area contributed by atoms with Crippen molar-refractivity contribution in [3.05, 3.63) is 32.7 Å². The second-order valence-electron chi connectivity index (χ2n) is 4.47. The van der Waals surface area contributed by atoms with E-state index in [0.29, 0.717) is 0 Å². The largest absolute Gasteiger partial charge is 0.493 e. The van der Waals surface area contributed by atoms with Crippen LogP contribution in [0.4, 0.5) is 0 Å². The summed E-state index contributed by atoms with van der Waals surface area (Å²) in [5, 5.41) is 10.1. The molecule has 0 saturated heterocycles. The van der Waals surface area contributed by atoms with Crippen molar-refractivity contribution in [2.45, 2.75) is 32.9 Å². The number of hydrogen-bond acceptors (Lipinski definition) is 4.